The molecule has 0 saturated heterocycles. The Morgan fingerprint density at radius 3 is 2.50 bits per heavy atom. The molecule has 6 nitrogen and oxygen atoms in total. The van der Waals surface area contributed by atoms with E-state index in [1.807, 2.05) is 6.92 Å². The number of nitrogens with zero attached hydrogens (tertiary/aromatic N) is 1. The van der Waals surface area contributed by atoms with Crippen LogP contribution < -0.4 is 19.7 Å². The van der Waals surface area contributed by atoms with Crippen LogP contribution in [0.1, 0.15) is 26.7 Å². The summed E-state index contributed by atoms with van der Waals surface area (Å²) in [5.41, 5.74) is 0.653. The molecule has 22 heavy (non-hydrogen) atoms. The number of carbonyl (C=O) groups excluding carboxylic acids is 2. The lowest BCUT2D eigenvalue weighted by Gasteiger charge is -2.23. The molecule has 1 aromatic rings. The number of benzene rings is 1. The van der Waals surface area contributed by atoms with Crippen molar-refractivity contribution in [2.24, 2.45) is 0 Å². The maximum absolute atomic E-state index is 11.9. The van der Waals surface area contributed by atoms with E-state index >= 15 is 0 Å². The minimum atomic E-state index is -0.117. The van der Waals surface area contributed by atoms with Crippen LogP contribution in [0.4, 0.5) is 5.69 Å². The van der Waals surface area contributed by atoms with E-state index < -0.39 is 0 Å². The maximum Gasteiger partial charge on any atom is 0.224 e. The number of carbonyl (C=O) groups is 2. The highest BCUT2D eigenvalue weighted by Crippen LogP contribution is 2.32. The summed E-state index contributed by atoms with van der Waals surface area (Å²) >= 11 is 0. The van der Waals surface area contributed by atoms with Crippen molar-refractivity contribution in [1.82, 2.24) is 5.32 Å². The number of anilines is 1. The third-order valence-electron chi connectivity index (χ3n) is 3.19. The predicted molar refractivity (Wildman–Crippen MR) is 85.5 cm³/mol. The molecule has 0 radical (unpaired) electrons. The number of rotatable bonds is 8. The van der Waals surface area contributed by atoms with Crippen LogP contribution in [0, 0.1) is 0 Å². The Morgan fingerprint density at radius 2 is 1.95 bits per heavy atom. The monoisotopic (exact) mass is 308 g/mol. The van der Waals surface area contributed by atoms with E-state index in [0.29, 0.717) is 36.7 Å². The van der Waals surface area contributed by atoms with Gasteiger partial charge in [-0.1, -0.05) is 6.92 Å². The third kappa shape index (κ3) is 4.95. The molecular formula is C16H24N2O4. The quantitative estimate of drug-likeness (QED) is 0.797. The standard InChI is InChI=1S/C16H24N2O4/c1-5-6-16(20)17-9-10-18(12(2)19)14-8-7-13(21-3)11-15(14)22-4/h7-8,11H,5-6,9-10H2,1-4H3,(H,17,20). The average molecular weight is 308 g/mol. The third-order valence-corrected chi connectivity index (χ3v) is 3.19. The van der Waals surface area contributed by atoms with E-state index in [1.54, 1.807) is 37.3 Å². The summed E-state index contributed by atoms with van der Waals surface area (Å²) in [6, 6.07) is 5.26. The molecule has 0 aliphatic heterocycles. The van der Waals surface area contributed by atoms with Crippen molar-refractivity contribution in [3.8, 4) is 11.5 Å². The summed E-state index contributed by atoms with van der Waals surface area (Å²) in [5.74, 6) is 1.08. The van der Waals surface area contributed by atoms with E-state index in [2.05, 4.69) is 5.32 Å². The van der Waals surface area contributed by atoms with E-state index in [-0.39, 0.29) is 11.8 Å². The number of hydrogen-bond acceptors (Lipinski definition) is 4. The first-order valence-electron chi connectivity index (χ1n) is 7.30. The second-order valence-electron chi connectivity index (χ2n) is 4.81. The van der Waals surface area contributed by atoms with Crippen LogP contribution >= 0.6 is 0 Å². The fraction of sp³-hybridized carbons (Fsp3) is 0.500. The van der Waals surface area contributed by atoms with E-state index in [4.69, 9.17) is 9.47 Å². The van der Waals surface area contributed by atoms with Crippen molar-refractivity contribution in [2.75, 3.05) is 32.2 Å². The highest BCUT2D eigenvalue weighted by Gasteiger charge is 2.17. The molecule has 0 saturated carbocycles. The van der Waals surface area contributed by atoms with Crippen molar-refractivity contribution in [3.63, 3.8) is 0 Å². The second-order valence-corrected chi connectivity index (χ2v) is 4.81. The molecule has 122 valence electrons. The maximum atomic E-state index is 11.9. The van der Waals surface area contributed by atoms with Gasteiger partial charge in [-0.3, -0.25) is 9.59 Å². The fourth-order valence-electron chi connectivity index (χ4n) is 2.08. The zero-order chi connectivity index (χ0) is 16.5. The predicted octanol–water partition coefficient (Wildman–Crippen LogP) is 1.97. The molecule has 0 aliphatic rings. The molecule has 0 unspecified atom stereocenters. The zero-order valence-electron chi connectivity index (χ0n) is 13.6. The van der Waals surface area contributed by atoms with Gasteiger partial charge in [0, 0.05) is 32.5 Å². The largest absolute Gasteiger partial charge is 0.497 e. The van der Waals surface area contributed by atoms with E-state index in [9.17, 15) is 9.59 Å². The van der Waals surface area contributed by atoms with Crippen LogP contribution in [0.3, 0.4) is 0 Å². The Labute approximate surface area is 131 Å². The first kappa shape index (κ1) is 17.8. The van der Waals surface area contributed by atoms with Crippen molar-refractivity contribution >= 4 is 17.5 Å². The minimum Gasteiger partial charge on any atom is -0.497 e. The highest BCUT2D eigenvalue weighted by molar-refractivity contribution is 5.93. The van der Waals surface area contributed by atoms with Gasteiger partial charge in [-0.2, -0.15) is 0 Å². The first-order valence-corrected chi connectivity index (χ1v) is 7.30. The molecular weight excluding hydrogens is 284 g/mol. The first-order chi connectivity index (χ1) is 10.5. The van der Waals surface area contributed by atoms with Gasteiger partial charge in [0.15, 0.2) is 0 Å². The number of hydrogen-bond donors (Lipinski definition) is 1. The highest BCUT2D eigenvalue weighted by atomic mass is 16.5. The summed E-state index contributed by atoms with van der Waals surface area (Å²) in [4.78, 5) is 25.0. The Bertz CT molecular complexity index is 517. The number of amides is 2. The summed E-state index contributed by atoms with van der Waals surface area (Å²) in [6.07, 6.45) is 1.29. The van der Waals surface area contributed by atoms with Gasteiger partial charge in [0.2, 0.25) is 11.8 Å². The lowest BCUT2D eigenvalue weighted by atomic mass is 10.2. The fourth-order valence-corrected chi connectivity index (χ4v) is 2.08. The Hall–Kier alpha value is -2.24. The SMILES string of the molecule is CCCC(=O)NCCN(C(C)=O)c1ccc(OC)cc1OC. The van der Waals surface area contributed by atoms with Crippen LogP contribution in [0.25, 0.3) is 0 Å². The van der Waals surface area contributed by atoms with Gasteiger partial charge in [0.05, 0.1) is 19.9 Å². The summed E-state index contributed by atoms with van der Waals surface area (Å²) < 4.78 is 10.5. The molecule has 0 heterocycles. The van der Waals surface area contributed by atoms with Crippen LogP contribution in [0.5, 0.6) is 11.5 Å². The Balaban J connectivity index is 2.83. The summed E-state index contributed by atoms with van der Waals surface area (Å²) in [5, 5.41) is 2.80. The molecule has 0 fully saturated rings. The van der Waals surface area contributed by atoms with Crippen LogP contribution in [0.15, 0.2) is 18.2 Å². The molecule has 0 atom stereocenters. The smallest absolute Gasteiger partial charge is 0.224 e. The normalized spacial score (nSPS) is 10.0. The second kappa shape index (κ2) is 8.92. The van der Waals surface area contributed by atoms with Crippen LogP contribution in [-0.2, 0) is 9.59 Å². The molecule has 1 aromatic carbocycles. The molecule has 2 amide bonds. The molecule has 0 aliphatic carbocycles. The molecule has 1 rings (SSSR count). The number of nitrogens with one attached hydrogen (secondary N) is 1. The lowest BCUT2D eigenvalue weighted by molar-refractivity contribution is -0.121. The van der Waals surface area contributed by atoms with Gasteiger partial charge in [-0.15, -0.1) is 0 Å². The molecule has 1 N–H and O–H groups in total. The van der Waals surface area contributed by atoms with Crippen molar-refractivity contribution in [1.29, 1.82) is 0 Å². The molecule has 0 bridgehead atoms. The van der Waals surface area contributed by atoms with Crippen molar-refractivity contribution in [2.45, 2.75) is 26.7 Å². The molecule has 0 aromatic heterocycles. The van der Waals surface area contributed by atoms with Gasteiger partial charge >= 0.3 is 0 Å². The van der Waals surface area contributed by atoms with Gasteiger partial charge in [-0.25, -0.2) is 0 Å². The van der Waals surface area contributed by atoms with Crippen molar-refractivity contribution in [3.05, 3.63) is 18.2 Å². The topological polar surface area (TPSA) is 67.9 Å². The van der Waals surface area contributed by atoms with Crippen LogP contribution in [0.2, 0.25) is 0 Å². The average Bonchev–Trinajstić information content (AvgIpc) is 2.51. The molecule has 6 heteroatoms. The summed E-state index contributed by atoms with van der Waals surface area (Å²) in [7, 11) is 3.11. The Kier molecular flexibility index (Phi) is 7.22. The number of ether oxygens (including phenoxy) is 2. The van der Waals surface area contributed by atoms with Crippen LogP contribution in [-0.4, -0.2) is 39.1 Å². The van der Waals surface area contributed by atoms with E-state index in [1.165, 1.54) is 6.92 Å². The van der Waals surface area contributed by atoms with Gasteiger partial charge < -0.3 is 19.7 Å². The number of methoxy groups -OCH3 is 2. The van der Waals surface area contributed by atoms with Gasteiger partial charge in [0.1, 0.15) is 11.5 Å². The Morgan fingerprint density at radius 1 is 1.23 bits per heavy atom. The minimum absolute atomic E-state index is 0.00676. The van der Waals surface area contributed by atoms with E-state index in [0.717, 1.165) is 6.42 Å². The van der Waals surface area contributed by atoms with Crippen molar-refractivity contribution < 1.29 is 19.1 Å². The van der Waals surface area contributed by atoms with Gasteiger partial charge in [-0.05, 0) is 18.6 Å². The molecule has 0 spiro atoms. The van der Waals surface area contributed by atoms with Gasteiger partial charge in [0.25, 0.3) is 0 Å². The summed E-state index contributed by atoms with van der Waals surface area (Å²) in [6.45, 7) is 4.21. The zero-order valence-corrected chi connectivity index (χ0v) is 13.6. The lowest BCUT2D eigenvalue weighted by Crippen LogP contribution is -2.37.